The van der Waals surface area contributed by atoms with Crippen LogP contribution in [0.3, 0.4) is 0 Å². The van der Waals surface area contributed by atoms with Crippen molar-refractivity contribution in [2.75, 3.05) is 11.9 Å². The molecule has 4 nitrogen and oxygen atoms in total. The fraction of sp³-hybridized carbons (Fsp3) is 0.481. The molecule has 3 aromatic rings. The first-order valence-corrected chi connectivity index (χ1v) is 11.4. The monoisotopic (exact) mass is 418 g/mol. The molecule has 0 saturated carbocycles. The quantitative estimate of drug-likeness (QED) is 0.411. The maximum atomic E-state index is 4.70. The zero-order valence-electron chi connectivity index (χ0n) is 20.5. The van der Waals surface area contributed by atoms with E-state index in [2.05, 4.69) is 119 Å². The first-order valence-electron chi connectivity index (χ1n) is 11.4. The van der Waals surface area contributed by atoms with Gasteiger partial charge in [0.1, 0.15) is 5.69 Å². The number of para-hydroxylation sites is 1. The third kappa shape index (κ3) is 4.68. The molecular formula is C27H38N4. The summed E-state index contributed by atoms with van der Waals surface area (Å²) >= 11 is 0. The van der Waals surface area contributed by atoms with Gasteiger partial charge < -0.3 is 4.90 Å². The summed E-state index contributed by atoms with van der Waals surface area (Å²) in [6.45, 7) is 15.6. The van der Waals surface area contributed by atoms with Crippen molar-refractivity contribution in [3.05, 3.63) is 54.1 Å². The summed E-state index contributed by atoms with van der Waals surface area (Å²) in [6.07, 6.45) is 3.57. The van der Waals surface area contributed by atoms with Gasteiger partial charge in [-0.2, -0.15) is 0 Å². The molecule has 0 aliphatic heterocycles. The topological polar surface area (TPSA) is 34.0 Å². The van der Waals surface area contributed by atoms with Crippen LogP contribution in [0, 0.1) is 6.92 Å². The summed E-state index contributed by atoms with van der Waals surface area (Å²) in [5.41, 5.74) is 6.62. The number of unbranched alkanes of at least 4 members (excludes halogenated alkanes) is 1. The Bertz CT molecular complexity index is 1020. The molecule has 0 spiro atoms. The Morgan fingerprint density at radius 2 is 1.52 bits per heavy atom. The molecule has 4 heteroatoms. The zero-order valence-corrected chi connectivity index (χ0v) is 20.5. The Kier molecular flexibility index (Phi) is 6.59. The van der Waals surface area contributed by atoms with Crippen molar-refractivity contribution in [2.24, 2.45) is 0 Å². The molecule has 0 bridgehead atoms. The first kappa shape index (κ1) is 23.1. The number of hydrogen-bond donors (Lipinski definition) is 0. The smallest absolute Gasteiger partial charge is 0.121 e. The fourth-order valence-electron chi connectivity index (χ4n) is 4.08. The molecule has 166 valence electrons. The molecule has 31 heavy (non-hydrogen) atoms. The van der Waals surface area contributed by atoms with Gasteiger partial charge in [0.05, 0.1) is 11.2 Å². The molecule has 1 aromatic heterocycles. The van der Waals surface area contributed by atoms with E-state index in [4.69, 9.17) is 5.10 Å². The minimum absolute atomic E-state index is 0.0505. The van der Waals surface area contributed by atoms with Crippen LogP contribution in [0.2, 0.25) is 0 Å². The van der Waals surface area contributed by atoms with Crippen molar-refractivity contribution >= 4 is 5.69 Å². The third-order valence-corrected chi connectivity index (χ3v) is 6.28. The summed E-state index contributed by atoms with van der Waals surface area (Å²) in [5, 5.41) is 9.34. The summed E-state index contributed by atoms with van der Waals surface area (Å²) in [4.78, 5) is 2.43. The molecule has 0 fully saturated rings. The summed E-state index contributed by atoms with van der Waals surface area (Å²) in [7, 11) is 2.22. The number of anilines is 1. The van der Waals surface area contributed by atoms with Crippen molar-refractivity contribution in [3.8, 4) is 22.5 Å². The third-order valence-electron chi connectivity index (χ3n) is 6.28. The van der Waals surface area contributed by atoms with E-state index in [-0.39, 0.29) is 11.1 Å². The lowest BCUT2D eigenvalue weighted by Gasteiger charge is -2.39. The molecule has 0 radical (unpaired) electrons. The Morgan fingerprint density at radius 3 is 2.13 bits per heavy atom. The Morgan fingerprint density at radius 1 is 0.903 bits per heavy atom. The summed E-state index contributed by atoms with van der Waals surface area (Å²) in [5.74, 6) is 0. The van der Waals surface area contributed by atoms with Crippen LogP contribution < -0.4 is 4.90 Å². The van der Waals surface area contributed by atoms with Crippen molar-refractivity contribution in [2.45, 2.75) is 78.8 Å². The normalized spacial score (nSPS) is 12.3. The summed E-state index contributed by atoms with van der Waals surface area (Å²) in [6, 6.07) is 17.1. The van der Waals surface area contributed by atoms with Crippen molar-refractivity contribution in [1.82, 2.24) is 15.0 Å². The molecule has 0 saturated heterocycles. The van der Waals surface area contributed by atoms with Gasteiger partial charge in [0.2, 0.25) is 0 Å². The Balaban J connectivity index is 2.25. The highest BCUT2D eigenvalue weighted by molar-refractivity contribution is 5.86. The van der Waals surface area contributed by atoms with Crippen LogP contribution in [0.5, 0.6) is 0 Å². The van der Waals surface area contributed by atoms with Crippen molar-refractivity contribution in [1.29, 1.82) is 0 Å². The fourth-order valence-corrected chi connectivity index (χ4v) is 4.08. The molecule has 0 unspecified atom stereocenters. The first-order chi connectivity index (χ1) is 14.6. The lowest BCUT2D eigenvalue weighted by atomic mass is 9.93. The highest BCUT2D eigenvalue weighted by Crippen LogP contribution is 2.41. The van der Waals surface area contributed by atoms with Crippen LogP contribution >= 0.6 is 0 Å². The molecular weight excluding hydrogens is 380 g/mol. The van der Waals surface area contributed by atoms with E-state index >= 15 is 0 Å². The molecule has 0 atom stereocenters. The Hall–Kier alpha value is -2.62. The molecule has 0 N–H and O–H groups in total. The average molecular weight is 419 g/mol. The van der Waals surface area contributed by atoms with Crippen LogP contribution in [0.25, 0.3) is 22.5 Å². The second kappa shape index (κ2) is 8.86. The molecule has 1 heterocycles. The van der Waals surface area contributed by atoms with Crippen LogP contribution in [0.15, 0.2) is 48.5 Å². The van der Waals surface area contributed by atoms with Gasteiger partial charge in [-0.1, -0.05) is 67.4 Å². The number of nitrogens with zero attached hydrogens (tertiary/aromatic N) is 4. The van der Waals surface area contributed by atoms with Crippen LogP contribution in [0.1, 0.15) is 66.4 Å². The number of benzene rings is 2. The SMILES string of the molecule is CCCCC(C)(C)N(C)c1ccccc1-c1c(-c2ccccc2C)nnn1C(C)(C)C. The van der Waals surface area contributed by atoms with Gasteiger partial charge in [-0.05, 0) is 59.6 Å². The number of aromatic nitrogens is 3. The van der Waals surface area contributed by atoms with Crippen LogP contribution in [-0.4, -0.2) is 27.6 Å². The predicted octanol–water partition coefficient (Wildman–Crippen LogP) is 7.08. The van der Waals surface area contributed by atoms with E-state index in [0.29, 0.717) is 0 Å². The zero-order chi connectivity index (χ0) is 22.8. The van der Waals surface area contributed by atoms with Gasteiger partial charge in [-0.15, -0.1) is 5.10 Å². The summed E-state index contributed by atoms with van der Waals surface area (Å²) < 4.78 is 2.08. The minimum atomic E-state index is -0.188. The van der Waals surface area contributed by atoms with E-state index < -0.39 is 0 Å². The van der Waals surface area contributed by atoms with Crippen molar-refractivity contribution in [3.63, 3.8) is 0 Å². The standard InChI is InChI=1S/C27H38N4/c1-9-10-19-27(6,7)30(8)23-18-14-13-17-22(23)25-24(21-16-12-11-15-20(21)2)28-29-31(25)26(3,4)5/h11-18H,9-10,19H2,1-8H3. The van der Waals surface area contributed by atoms with E-state index in [1.165, 1.54) is 29.7 Å². The maximum absolute atomic E-state index is 4.70. The predicted molar refractivity (Wildman–Crippen MR) is 133 cm³/mol. The van der Waals surface area contributed by atoms with Gasteiger partial charge in [0, 0.05) is 29.4 Å². The minimum Gasteiger partial charge on any atom is -0.369 e. The van der Waals surface area contributed by atoms with Crippen molar-refractivity contribution < 1.29 is 0 Å². The molecule has 0 amide bonds. The van der Waals surface area contributed by atoms with E-state index in [0.717, 1.165) is 23.4 Å². The number of hydrogen-bond acceptors (Lipinski definition) is 3. The van der Waals surface area contributed by atoms with Crippen LogP contribution in [0.4, 0.5) is 5.69 Å². The highest BCUT2D eigenvalue weighted by Gasteiger charge is 2.30. The van der Waals surface area contributed by atoms with Gasteiger partial charge in [0.15, 0.2) is 0 Å². The lowest BCUT2D eigenvalue weighted by molar-refractivity contribution is 0.351. The maximum Gasteiger partial charge on any atom is 0.121 e. The van der Waals surface area contributed by atoms with E-state index in [1.54, 1.807) is 0 Å². The number of aryl methyl sites for hydroxylation is 1. The second-order valence-corrected chi connectivity index (χ2v) is 10.2. The number of rotatable bonds is 7. The van der Waals surface area contributed by atoms with Gasteiger partial charge in [0.25, 0.3) is 0 Å². The average Bonchev–Trinajstić information content (AvgIpc) is 3.17. The van der Waals surface area contributed by atoms with E-state index in [1.807, 2.05) is 0 Å². The molecule has 3 rings (SSSR count). The molecule has 0 aliphatic carbocycles. The molecule has 2 aromatic carbocycles. The largest absolute Gasteiger partial charge is 0.369 e. The highest BCUT2D eigenvalue weighted by atomic mass is 15.5. The second-order valence-electron chi connectivity index (χ2n) is 10.2. The Labute approximate surface area is 188 Å². The van der Waals surface area contributed by atoms with Crippen LogP contribution in [-0.2, 0) is 5.54 Å². The van der Waals surface area contributed by atoms with Gasteiger partial charge in [-0.3, -0.25) is 0 Å². The molecule has 0 aliphatic rings. The van der Waals surface area contributed by atoms with Gasteiger partial charge in [-0.25, -0.2) is 4.68 Å². The lowest BCUT2D eigenvalue weighted by Crippen LogP contribution is -2.41. The van der Waals surface area contributed by atoms with E-state index in [9.17, 15) is 0 Å². The van der Waals surface area contributed by atoms with Gasteiger partial charge >= 0.3 is 0 Å².